The van der Waals surface area contributed by atoms with Crippen molar-refractivity contribution in [2.75, 3.05) is 23.2 Å². The van der Waals surface area contributed by atoms with Gasteiger partial charge in [-0.25, -0.2) is 23.4 Å². The van der Waals surface area contributed by atoms with Crippen LogP contribution in [0.15, 0.2) is 71.9 Å². The van der Waals surface area contributed by atoms with Gasteiger partial charge in [-0.2, -0.15) is 8.42 Å². The van der Waals surface area contributed by atoms with E-state index in [0.717, 1.165) is 0 Å². The summed E-state index contributed by atoms with van der Waals surface area (Å²) in [5.74, 6) is -2.45. The zero-order valence-electron chi connectivity index (χ0n) is 23.8. The van der Waals surface area contributed by atoms with Crippen molar-refractivity contribution in [1.82, 2.24) is 19.7 Å². The van der Waals surface area contributed by atoms with E-state index in [1.165, 1.54) is 22.9 Å². The van der Waals surface area contributed by atoms with Crippen LogP contribution in [0.4, 0.5) is 20.4 Å². The van der Waals surface area contributed by atoms with E-state index in [1.807, 2.05) is 20.8 Å². The van der Waals surface area contributed by atoms with Crippen molar-refractivity contribution in [2.24, 2.45) is 5.41 Å². The monoisotopic (exact) mass is 596 g/mol. The van der Waals surface area contributed by atoms with Crippen LogP contribution in [0, 0.1) is 5.41 Å². The highest BCUT2D eigenvalue weighted by Gasteiger charge is 2.34. The second-order valence-corrected chi connectivity index (χ2v) is 13.1. The molecule has 4 heterocycles. The third-order valence-corrected chi connectivity index (χ3v) is 7.88. The Morgan fingerprint density at radius 3 is 2.57 bits per heavy atom. The first-order valence-electron chi connectivity index (χ1n) is 13.8. The minimum atomic E-state index is -4.14. The molecule has 0 amide bonds. The number of sulfonamides is 1. The van der Waals surface area contributed by atoms with E-state index < -0.39 is 15.9 Å². The number of ether oxygens (including phenoxy) is 1. The van der Waals surface area contributed by atoms with Crippen LogP contribution in [-0.2, 0) is 15.9 Å². The standard InChI is InChI=1S/C30H34F2N6O3S/c1-29(2,3)20-41-26-16-19-38(36-26)23-14-15-25-35-28(23)21-10-5-6-11-22(21)30(31,32)17-7-4-8-18-33-24-12-9-13-27(34-24)42(39,40)37-25/h5-6,9-16,19H,4,7-8,17-18,20H2,1-3H3,(H,33,34)(H,35,37). The van der Waals surface area contributed by atoms with Crippen LogP contribution in [0.3, 0.4) is 0 Å². The molecule has 2 N–H and O–H groups in total. The molecule has 0 fully saturated rings. The van der Waals surface area contributed by atoms with Gasteiger partial charge in [0.05, 0.1) is 18.0 Å². The van der Waals surface area contributed by atoms with Crippen LogP contribution < -0.4 is 14.8 Å². The fourth-order valence-corrected chi connectivity index (χ4v) is 5.53. The molecule has 0 saturated carbocycles. The molecule has 42 heavy (non-hydrogen) atoms. The molecule has 0 spiro atoms. The van der Waals surface area contributed by atoms with E-state index in [4.69, 9.17) is 4.74 Å². The molecule has 5 rings (SSSR count). The number of rotatable bonds is 3. The Hall–Kier alpha value is -4.06. The first-order chi connectivity index (χ1) is 19.9. The first-order valence-corrected chi connectivity index (χ1v) is 15.3. The van der Waals surface area contributed by atoms with Crippen molar-refractivity contribution < 1.29 is 21.9 Å². The van der Waals surface area contributed by atoms with E-state index in [-0.39, 0.29) is 39.5 Å². The molecule has 4 bridgehead atoms. The SMILES string of the molecule is CC(C)(C)COc1ccn(-c2ccc3nc2-c2ccccc2C(F)(F)CCCCCNc2cccc(n2)S(=O)(=O)N3)n1. The summed E-state index contributed by atoms with van der Waals surface area (Å²) in [6.45, 7) is 7.01. The molecular formula is C30H34F2N6O3S. The van der Waals surface area contributed by atoms with Crippen LogP contribution in [0.25, 0.3) is 16.9 Å². The second kappa shape index (κ2) is 11.7. The van der Waals surface area contributed by atoms with Crippen molar-refractivity contribution in [3.63, 3.8) is 0 Å². The topological polar surface area (TPSA) is 111 Å². The molecule has 4 aromatic rings. The Balaban J connectivity index is 1.63. The number of hydrogen-bond acceptors (Lipinski definition) is 7. The highest BCUT2D eigenvalue weighted by atomic mass is 32.2. The Bertz CT molecular complexity index is 1670. The van der Waals surface area contributed by atoms with E-state index in [2.05, 4.69) is 25.1 Å². The minimum Gasteiger partial charge on any atom is -0.476 e. The summed E-state index contributed by atoms with van der Waals surface area (Å²) in [6.07, 6.45) is 2.81. The molecule has 0 aliphatic carbocycles. The van der Waals surface area contributed by atoms with Gasteiger partial charge < -0.3 is 10.1 Å². The summed E-state index contributed by atoms with van der Waals surface area (Å²) in [5.41, 5.74) is 0.421. The molecule has 0 saturated heterocycles. The van der Waals surface area contributed by atoms with Crippen LogP contribution >= 0.6 is 0 Å². The van der Waals surface area contributed by atoms with Crippen molar-refractivity contribution in [2.45, 2.75) is 57.4 Å². The molecular weight excluding hydrogens is 562 g/mol. The van der Waals surface area contributed by atoms with Crippen molar-refractivity contribution in [1.29, 1.82) is 0 Å². The fourth-order valence-electron chi connectivity index (χ4n) is 4.56. The molecule has 1 aliphatic rings. The fraction of sp³-hybridized carbons (Fsp3) is 0.367. The third-order valence-electron chi connectivity index (χ3n) is 6.63. The number of benzene rings is 1. The number of anilines is 2. The maximum atomic E-state index is 15.8. The van der Waals surface area contributed by atoms with E-state index in [1.54, 1.807) is 48.7 Å². The molecule has 0 unspecified atom stereocenters. The van der Waals surface area contributed by atoms with Gasteiger partial charge in [-0.3, -0.25) is 4.72 Å². The molecule has 3 aromatic heterocycles. The minimum absolute atomic E-state index is 0.0484. The lowest BCUT2D eigenvalue weighted by molar-refractivity contribution is -0.0151. The lowest BCUT2D eigenvalue weighted by Gasteiger charge is -2.21. The van der Waals surface area contributed by atoms with Crippen LogP contribution in [0.1, 0.15) is 52.0 Å². The summed E-state index contributed by atoms with van der Waals surface area (Å²) < 4.78 is 67.9. The number of hydrogen-bond donors (Lipinski definition) is 2. The maximum Gasteiger partial charge on any atom is 0.280 e. The third kappa shape index (κ3) is 6.87. The Kier molecular flexibility index (Phi) is 8.18. The average molecular weight is 597 g/mol. The number of nitrogens with one attached hydrogen (secondary N) is 2. The van der Waals surface area contributed by atoms with E-state index in [0.29, 0.717) is 49.8 Å². The maximum absolute atomic E-state index is 15.8. The van der Waals surface area contributed by atoms with Crippen LogP contribution in [-0.4, -0.2) is 41.3 Å². The van der Waals surface area contributed by atoms with E-state index in [9.17, 15) is 8.42 Å². The molecule has 0 radical (unpaired) electrons. The first kappa shape index (κ1) is 29.4. The van der Waals surface area contributed by atoms with Gasteiger partial charge in [0.1, 0.15) is 11.6 Å². The van der Waals surface area contributed by atoms with Gasteiger partial charge in [-0.15, -0.1) is 5.10 Å². The molecule has 12 heteroatoms. The summed E-state index contributed by atoms with van der Waals surface area (Å²) in [6, 6.07) is 15.6. The number of aromatic nitrogens is 4. The number of pyridine rings is 2. The Labute approximate surface area is 244 Å². The number of alkyl halides is 2. The molecule has 1 aromatic carbocycles. The lowest BCUT2D eigenvalue weighted by atomic mass is 9.94. The molecule has 0 atom stereocenters. The zero-order valence-corrected chi connectivity index (χ0v) is 24.6. The smallest absolute Gasteiger partial charge is 0.280 e. The molecule has 222 valence electrons. The van der Waals surface area contributed by atoms with Gasteiger partial charge in [0.15, 0.2) is 5.03 Å². The highest BCUT2D eigenvalue weighted by Crippen LogP contribution is 2.41. The summed E-state index contributed by atoms with van der Waals surface area (Å²) in [5, 5.41) is 7.39. The zero-order chi connectivity index (χ0) is 30.0. The van der Waals surface area contributed by atoms with Gasteiger partial charge in [0, 0.05) is 36.4 Å². The van der Waals surface area contributed by atoms with E-state index >= 15 is 8.78 Å². The number of fused-ring (bicyclic) bond motifs is 6. The molecule has 9 nitrogen and oxygen atoms in total. The van der Waals surface area contributed by atoms with Crippen molar-refractivity contribution in [3.8, 4) is 22.8 Å². The van der Waals surface area contributed by atoms with Crippen LogP contribution in [0.5, 0.6) is 5.88 Å². The quantitative estimate of drug-likeness (QED) is 0.273. The van der Waals surface area contributed by atoms with Gasteiger partial charge in [-0.05, 0) is 42.5 Å². The highest BCUT2D eigenvalue weighted by molar-refractivity contribution is 7.92. The summed E-state index contributed by atoms with van der Waals surface area (Å²) in [4.78, 5) is 8.80. The largest absolute Gasteiger partial charge is 0.476 e. The average Bonchev–Trinajstić information content (AvgIpc) is 3.42. The van der Waals surface area contributed by atoms with Gasteiger partial charge in [-0.1, -0.05) is 57.5 Å². The second-order valence-electron chi connectivity index (χ2n) is 11.5. The Morgan fingerprint density at radius 2 is 1.76 bits per heavy atom. The molecule has 1 aliphatic heterocycles. The van der Waals surface area contributed by atoms with Gasteiger partial charge >= 0.3 is 0 Å². The van der Waals surface area contributed by atoms with Crippen molar-refractivity contribution >= 4 is 21.7 Å². The summed E-state index contributed by atoms with van der Waals surface area (Å²) in [7, 11) is -4.14. The van der Waals surface area contributed by atoms with Gasteiger partial charge in [0.25, 0.3) is 15.9 Å². The predicted octanol–water partition coefficient (Wildman–Crippen LogP) is 6.63. The normalized spacial score (nSPS) is 16.8. The Morgan fingerprint density at radius 1 is 0.952 bits per heavy atom. The lowest BCUT2D eigenvalue weighted by Crippen LogP contribution is -2.18. The summed E-state index contributed by atoms with van der Waals surface area (Å²) >= 11 is 0. The van der Waals surface area contributed by atoms with Crippen LogP contribution in [0.2, 0.25) is 0 Å². The van der Waals surface area contributed by atoms with Gasteiger partial charge in [0.2, 0.25) is 5.88 Å². The number of nitrogens with zero attached hydrogens (tertiary/aromatic N) is 4. The van der Waals surface area contributed by atoms with Crippen molar-refractivity contribution in [3.05, 3.63) is 72.4 Å². The number of halogens is 2. The predicted molar refractivity (Wildman–Crippen MR) is 158 cm³/mol.